The molecule has 1 aliphatic heterocycles. The van der Waals surface area contributed by atoms with Gasteiger partial charge in [-0.2, -0.15) is 18.3 Å². The maximum Gasteiger partial charge on any atom is 0.416 e. The van der Waals surface area contributed by atoms with E-state index in [-0.39, 0.29) is 11.6 Å². The van der Waals surface area contributed by atoms with Crippen LogP contribution in [0.1, 0.15) is 59.7 Å². The minimum atomic E-state index is -4.38. The van der Waals surface area contributed by atoms with Crippen LogP contribution in [0.2, 0.25) is 0 Å². The molecule has 4 rings (SSSR count). The predicted molar refractivity (Wildman–Crippen MR) is 117 cm³/mol. The molecule has 31 heavy (non-hydrogen) atoms. The third-order valence-electron chi connectivity index (χ3n) is 6.30. The summed E-state index contributed by atoms with van der Waals surface area (Å²) in [6, 6.07) is 10.4. The van der Waals surface area contributed by atoms with Gasteiger partial charge in [-0.25, -0.2) is 0 Å². The Morgan fingerprint density at radius 3 is 2.48 bits per heavy atom. The maximum absolute atomic E-state index is 13.3. The number of halogens is 3. The summed E-state index contributed by atoms with van der Waals surface area (Å²) in [5.74, 6) is 1.09. The highest BCUT2D eigenvalue weighted by Crippen LogP contribution is 2.36. The molecule has 0 amide bonds. The number of alkyl halides is 3. The fourth-order valence-electron chi connectivity index (χ4n) is 4.53. The van der Waals surface area contributed by atoms with Gasteiger partial charge in [-0.3, -0.25) is 0 Å². The molecule has 0 aliphatic carbocycles. The molecule has 4 nitrogen and oxygen atoms in total. The summed E-state index contributed by atoms with van der Waals surface area (Å²) in [6.07, 6.45) is -2.20. The van der Waals surface area contributed by atoms with Crippen LogP contribution in [0.5, 0.6) is 0 Å². The normalized spacial score (nSPS) is 16.5. The predicted octanol–water partition coefficient (Wildman–Crippen LogP) is 5.91. The molecule has 2 heterocycles. The Hall–Kier alpha value is -2.67. The van der Waals surface area contributed by atoms with Gasteiger partial charge < -0.3 is 10.6 Å². The second kappa shape index (κ2) is 8.46. The van der Waals surface area contributed by atoms with E-state index in [4.69, 9.17) is 0 Å². The summed E-state index contributed by atoms with van der Waals surface area (Å²) in [4.78, 5) is 0. The monoisotopic (exact) mass is 428 g/mol. The molecule has 0 spiro atoms. The molecular weight excluding hydrogens is 401 g/mol. The molecule has 1 aromatic heterocycles. The Balaban J connectivity index is 1.70. The van der Waals surface area contributed by atoms with Gasteiger partial charge in [0.05, 0.1) is 17.3 Å². The van der Waals surface area contributed by atoms with E-state index >= 15 is 0 Å². The van der Waals surface area contributed by atoms with Crippen molar-refractivity contribution >= 4 is 16.6 Å². The van der Waals surface area contributed by atoms with Crippen molar-refractivity contribution in [2.24, 2.45) is 0 Å². The summed E-state index contributed by atoms with van der Waals surface area (Å²) in [7, 11) is 0. The zero-order valence-electron chi connectivity index (χ0n) is 18.0. The van der Waals surface area contributed by atoms with Gasteiger partial charge >= 0.3 is 6.18 Å². The van der Waals surface area contributed by atoms with Crippen LogP contribution in [0.15, 0.2) is 36.4 Å². The van der Waals surface area contributed by atoms with E-state index in [1.54, 1.807) is 6.07 Å². The van der Waals surface area contributed by atoms with Crippen molar-refractivity contribution in [3.63, 3.8) is 0 Å². The minimum absolute atomic E-state index is 0.231. The average molecular weight is 429 g/mol. The molecule has 2 N–H and O–H groups in total. The highest BCUT2D eigenvalue weighted by molar-refractivity contribution is 5.93. The highest BCUT2D eigenvalue weighted by atomic mass is 19.4. The van der Waals surface area contributed by atoms with Gasteiger partial charge in [0.1, 0.15) is 0 Å². The molecule has 3 aromatic rings. The van der Waals surface area contributed by atoms with Crippen molar-refractivity contribution in [1.29, 1.82) is 0 Å². The lowest BCUT2D eigenvalue weighted by Crippen LogP contribution is -2.26. The molecule has 1 fully saturated rings. The fourth-order valence-corrected chi connectivity index (χ4v) is 4.53. The number of aromatic nitrogens is 2. The number of benzene rings is 2. The zero-order chi connectivity index (χ0) is 22.2. The molecule has 0 unspecified atom stereocenters. The van der Waals surface area contributed by atoms with E-state index in [1.807, 2.05) is 13.8 Å². The SMILES string of the molecule is Cc1c([C@@H](C)Nc2nnc(C)c3ccc(C4CCNCC4)cc23)cccc1C(F)(F)F. The van der Waals surface area contributed by atoms with Crippen LogP contribution in [0, 0.1) is 13.8 Å². The number of hydrogen-bond acceptors (Lipinski definition) is 4. The number of nitrogens with zero attached hydrogens (tertiary/aromatic N) is 2. The number of fused-ring (bicyclic) bond motifs is 1. The Bertz CT molecular complexity index is 1090. The Kier molecular flexibility index (Phi) is 5.88. The van der Waals surface area contributed by atoms with Crippen LogP contribution >= 0.6 is 0 Å². The quantitative estimate of drug-likeness (QED) is 0.543. The topological polar surface area (TPSA) is 49.8 Å². The van der Waals surface area contributed by atoms with Crippen molar-refractivity contribution in [1.82, 2.24) is 15.5 Å². The number of hydrogen-bond donors (Lipinski definition) is 2. The first-order chi connectivity index (χ1) is 14.8. The molecule has 164 valence electrons. The fraction of sp³-hybridized carbons (Fsp3) is 0.417. The molecule has 0 bridgehead atoms. The number of anilines is 1. The van der Waals surface area contributed by atoms with Gasteiger partial charge in [0.15, 0.2) is 5.82 Å². The van der Waals surface area contributed by atoms with Crippen molar-refractivity contribution in [3.8, 4) is 0 Å². The van der Waals surface area contributed by atoms with Gasteiger partial charge in [-0.05, 0) is 81.4 Å². The number of aryl methyl sites for hydroxylation is 1. The molecular formula is C24H27F3N4. The van der Waals surface area contributed by atoms with E-state index in [0.717, 1.165) is 48.5 Å². The third-order valence-corrected chi connectivity index (χ3v) is 6.30. The summed E-state index contributed by atoms with van der Waals surface area (Å²) < 4.78 is 40.0. The van der Waals surface area contributed by atoms with Crippen LogP contribution in [0.4, 0.5) is 19.0 Å². The van der Waals surface area contributed by atoms with Crippen LogP contribution in [0.3, 0.4) is 0 Å². The first-order valence-corrected chi connectivity index (χ1v) is 10.7. The molecule has 7 heteroatoms. The Labute approximate surface area is 180 Å². The second-order valence-electron chi connectivity index (χ2n) is 8.35. The second-order valence-corrected chi connectivity index (χ2v) is 8.35. The molecule has 1 atom stereocenters. The average Bonchev–Trinajstić information content (AvgIpc) is 2.75. The van der Waals surface area contributed by atoms with Gasteiger partial charge in [0.2, 0.25) is 0 Å². The van der Waals surface area contributed by atoms with Gasteiger partial charge in [-0.15, -0.1) is 5.10 Å². The summed E-state index contributed by atoms with van der Waals surface area (Å²) in [5, 5.41) is 17.3. The Morgan fingerprint density at radius 1 is 1.03 bits per heavy atom. The van der Waals surface area contributed by atoms with E-state index in [1.165, 1.54) is 18.6 Å². The minimum Gasteiger partial charge on any atom is -0.362 e. The largest absolute Gasteiger partial charge is 0.416 e. The number of piperidine rings is 1. The van der Waals surface area contributed by atoms with Gasteiger partial charge in [0.25, 0.3) is 0 Å². The summed E-state index contributed by atoms with van der Waals surface area (Å²) in [6.45, 7) is 7.31. The van der Waals surface area contributed by atoms with E-state index in [0.29, 0.717) is 17.3 Å². The van der Waals surface area contributed by atoms with Crippen LogP contribution in [-0.2, 0) is 6.18 Å². The van der Waals surface area contributed by atoms with Gasteiger partial charge in [0, 0.05) is 10.8 Å². The lowest BCUT2D eigenvalue weighted by Gasteiger charge is -2.24. The van der Waals surface area contributed by atoms with E-state index < -0.39 is 11.7 Å². The van der Waals surface area contributed by atoms with Gasteiger partial charge in [-0.1, -0.05) is 24.3 Å². The standard InChI is InChI=1S/C24H27F3N4/c1-14-19(5-4-6-22(14)24(25,26)27)15(2)29-23-21-13-18(17-9-11-28-12-10-17)7-8-20(21)16(3)30-31-23/h4-8,13,15,17,28H,9-12H2,1-3H3,(H,29,31)/t15-/m1/s1. The smallest absolute Gasteiger partial charge is 0.362 e. The number of rotatable bonds is 4. The molecule has 0 saturated carbocycles. The van der Waals surface area contributed by atoms with Crippen molar-refractivity contribution in [2.45, 2.75) is 51.7 Å². The van der Waals surface area contributed by atoms with Crippen LogP contribution in [0.25, 0.3) is 10.8 Å². The van der Waals surface area contributed by atoms with Crippen molar-refractivity contribution < 1.29 is 13.2 Å². The molecule has 0 radical (unpaired) electrons. The van der Waals surface area contributed by atoms with E-state index in [2.05, 4.69) is 39.0 Å². The summed E-state index contributed by atoms with van der Waals surface area (Å²) >= 11 is 0. The highest BCUT2D eigenvalue weighted by Gasteiger charge is 2.33. The summed E-state index contributed by atoms with van der Waals surface area (Å²) in [5.41, 5.74) is 2.33. The Morgan fingerprint density at radius 2 is 1.77 bits per heavy atom. The lowest BCUT2D eigenvalue weighted by molar-refractivity contribution is -0.138. The van der Waals surface area contributed by atoms with Crippen molar-refractivity contribution in [2.75, 3.05) is 18.4 Å². The van der Waals surface area contributed by atoms with Crippen molar-refractivity contribution in [3.05, 3.63) is 64.3 Å². The zero-order valence-corrected chi connectivity index (χ0v) is 18.0. The molecule has 1 aliphatic rings. The lowest BCUT2D eigenvalue weighted by atomic mass is 9.89. The first-order valence-electron chi connectivity index (χ1n) is 10.7. The van der Waals surface area contributed by atoms with Crippen LogP contribution in [-0.4, -0.2) is 23.3 Å². The van der Waals surface area contributed by atoms with Crippen LogP contribution < -0.4 is 10.6 Å². The van der Waals surface area contributed by atoms with E-state index in [9.17, 15) is 13.2 Å². The first kappa shape index (κ1) is 21.6. The maximum atomic E-state index is 13.3. The molecule has 2 aromatic carbocycles. The molecule has 1 saturated heterocycles. The number of nitrogens with one attached hydrogen (secondary N) is 2. The third kappa shape index (κ3) is 4.37.